The maximum absolute atomic E-state index is 13.7. The molecule has 1 aliphatic heterocycles. The first-order valence-electron chi connectivity index (χ1n) is 15.1. The van der Waals surface area contributed by atoms with Gasteiger partial charge in [0, 0.05) is 10.8 Å². The topological polar surface area (TPSA) is 117 Å². The molecule has 2 aromatic carbocycles. The van der Waals surface area contributed by atoms with Gasteiger partial charge in [0.15, 0.2) is 11.5 Å². The molecule has 2 aliphatic rings. The number of phenolic OH excluding ortho intramolecular Hbond substituents is 1. The summed E-state index contributed by atoms with van der Waals surface area (Å²) < 4.78 is 12.1. The van der Waals surface area contributed by atoms with Gasteiger partial charge in [-0.2, -0.15) is 0 Å². The number of aliphatic hydroxyl groups excluding tert-OH is 2. The predicted octanol–water partition coefficient (Wildman–Crippen LogP) is 6.19. The molecule has 4 atom stereocenters. The fraction of sp³-hybridized carbons (Fsp3) is 0.371. The number of nitrogens with zero attached hydrogens (tertiary/aromatic N) is 1. The van der Waals surface area contributed by atoms with Gasteiger partial charge in [0.2, 0.25) is 11.8 Å². The number of allylic oxidation sites excluding steroid dienone is 1. The molecule has 0 unspecified atom stereocenters. The van der Waals surface area contributed by atoms with Crippen molar-refractivity contribution < 1.29 is 34.4 Å². The molecule has 1 aliphatic carbocycles. The van der Waals surface area contributed by atoms with E-state index in [4.69, 9.17) is 9.47 Å². The number of fused-ring (bicyclic) bond motifs is 1. The van der Waals surface area contributed by atoms with Gasteiger partial charge < -0.3 is 24.8 Å². The Hall–Kier alpha value is -3.19. The van der Waals surface area contributed by atoms with Crippen molar-refractivity contribution >= 4 is 51.8 Å². The molecule has 238 valence electrons. The van der Waals surface area contributed by atoms with E-state index < -0.39 is 23.9 Å². The molecule has 2 amide bonds. The minimum absolute atomic E-state index is 0.0976. The monoisotopic (exact) mass is 743 g/mol. The van der Waals surface area contributed by atoms with E-state index in [2.05, 4.69) is 22.6 Å². The lowest BCUT2D eigenvalue weighted by Crippen LogP contribution is -2.40. The largest absolute Gasteiger partial charge is 0.504 e. The summed E-state index contributed by atoms with van der Waals surface area (Å²) in [7, 11) is 1.51. The summed E-state index contributed by atoms with van der Waals surface area (Å²) in [5.41, 5.74) is 3.32. The first kappa shape index (κ1) is 33.2. The van der Waals surface area contributed by atoms with Gasteiger partial charge in [-0.3, -0.25) is 14.5 Å². The van der Waals surface area contributed by atoms with E-state index in [1.165, 1.54) is 23.3 Å². The molecule has 0 bridgehead atoms. The van der Waals surface area contributed by atoms with Gasteiger partial charge >= 0.3 is 0 Å². The van der Waals surface area contributed by atoms with Crippen LogP contribution in [0.1, 0.15) is 43.0 Å². The van der Waals surface area contributed by atoms with E-state index in [-0.39, 0.29) is 43.7 Å². The Morgan fingerprint density at radius 3 is 2.60 bits per heavy atom. The van der Waals surface area contributed by atoms with Crippen LogP contribution in [-0.4, -0.2) is 58.5 Å². The maximum atomic E-state index is 13.7. The molecule has 0 saturated carbocycles. The third kappa shape index (κ3) is 7.29. The van der Waals surface area contributed by atoms with E-state index >= 15 is 0 Å². The fourth-order valence-corrected chi connectivity index (χ4v) is 7.77. The zero-order chi connectivity index (χ0) is 32.1. The number of phenols is 1. The van der Waals surface area contributed by atoms with E-state index in [0.717, 1.165) is 28.0 Å². The van der Waals surface area contributed by atoms with Crippen LogP contribution in [0.25, 0.3) is 6.08 Å². The van der Waals surface area contributed by atoms with E-state index in [1.807, 2.05) is 66.9 Å². The van der Waals surface area contributed by atoms with Gasteiger partial charge in [-0.05, 0) is 101 Å². The summed E-state index contributed by atoms with van der Waals surface area (Å²) in [6, 6.07) is 16.8. The first-order valence-corrected chi connectivity index (χ1v) is 17.0. The molecule has 1 fully saturated rings. The van der Waals surface area contributed by atoms with Gasteiger partial charge in [0.25, 0.3) is 0 Å². The minimum Gasteiger partial charge on any atom is -0.504 e. The van der Waals surface area contributed by atoms with Crippen LogP contribution in [0, 0.1) is 21.3 Å². The molecule has 2 heterocycles. The zero-order valence-electron chi connectivity index (χ0n) is 25.3. The van der Waals surface area contributed by atoms with E-state index in [9.17, 15) is 24.9 Å². The van der Waals surface area contributed by atoms with Crippen LogP contribution in [0.4, 0.5) is 0 Å². The van der Waals surface area contributed by atoms with Crippen LogP contribution in [-0.2, 0) is 16.1 Å². The summed E-state index contributed by atoms with van der Waals surface area (Å²) in [4.78, 5) is 29.6. The summed E-state index contributed by atoms with van der Waals surface area (Å²) in [6.07, 6.45) is 3.05. The second-order valence-electron chi connectivity index (χ2n) is 11.4. The molecule has 3 aromatic rings. The number of para-hydroxylation sites is 1. The lowest BCUT2D eigenvalue weighted by atomic mass is 9.68. The van der Waals surface area contributed by atoms with Crippen molar-refractivity contribution in [1.82, 2.24) is 4.90 Å². The molecular formula is C35H38INO7S. The van der Waals surface area contributed by atoms with Crippen LogP contribution in [0.5, 0.6) is 17.2 Å². The summed E-state index contributed by atoms with van der Waals surface area (Å²) in [6.45, 7) is 2.03. The predicted molar refractivity (Wildman–Crippen MR) is 182 cm³/mol. The van der Waals surface area contributed by atoms with Gasteiger partial charge in [-0.15, -0.1) is 11.3 Å². The normalized spacial score (nSPS) is 20.9. The van der Waals surface area contributed by atoms with Gasteiger partial charge in [0.05, 0.1) is 41.8 Å². The number of methoxy groups -OCH3 is 1. The third-order valence-corrected chi connectivity index (χ3v) is 10.4. The molecule has 1 saturated heterocycles. The number of aliphatic hydroxyl groups is 2. The lowest BCUT2D eigenvalue weighted by molar-refractivity contribution is -0.140. The number of ether oxygens (including phenoxy) is 2. The number of hydrogen-bond acceptors (Lipinski definition) is 8. The number of benzene rings is 2. The molecule has 8 nitrogen and oxygen atoms in total. The highest BCUT2D eigenvalue weighted by atomic mass is 127. The van der Waals surface area contributed by atoms with Crippen molar-refractivity contribution in [1.29, 1.82) is 0 Å². The fourth-order valence-electron chi connectivity index (χ4n) is 6.46. The first-order chi connectivity index (χ1) is 21.7. The second-order valence-corrected chi connectivity index (χ2v) is 13.6. The standard InChI is InChI=1S/C35H38INO7S/c1-3-21(14-22-15-28(36)33(40)30(16-22)43-2)11-12-29(39)31-23(20-44-24-8-5-4-6-9-24)17-26-32(27(31)19-38)35(42)37(34(26)41)18-25-10-7-13-45-25/h4-10,13-16,26-27,29,32,38-40H,3,11-12,17-20H2,1-2H3/b21-14+/t26-,27+,29-,32-/m1/s1. The number of aromatic hydroxyl groups is 1. The SMILES string of the molecule is CC/C(=C\c1cc(I)c(O)c(OC)c1)CC[C@@H](O)C1=C(COc2ccccc2)C[C@H]2C(=O)N(Cc3cccs3)C(=O)[C@H]2[C@H]1CO. The molecule has 10 heteroatoms. The van der Waals surface area contributed by atoms with Crippen molar-refractivity contribution in [2.45, 2.75) is 45.3 Å². The highest BCUT2D eigenvalue weighted by Gasteiger charge is 2.54. The average Bonchev–Trinajstić information content (AvgIpc) is 3.65. The van der Waals surface area contributed by atoms with Gasteiger partial charge in [-0.1, -0.05) is 42.8 Å². The van der Waals surface area contributed by atoms with E-state index in [0.29, 0.717) is 33.5 Å². The van der Waals surface area contributed by atoms with Crippen molar-refractivity contribution in [3.8, 4) is 17.2 Å². The van der Waals surface area contributed by atoms with Crippen LogP contribution >= 0.6 is 33.9 Å². The Bertz CT molecular complexity index is 1570. The quantitative estimate of drug-likeness (QED) is 0.109. The van der Waals surface area contributed by atoms with Crippen molar-refractivity contribution in [2.75, 3.05) is 20.3 Å². The van der Waals surface area contributed by atoms with Crippen LogP contribution in [0.15, 0.2) is 76.7 Å². The Balaban J connectivity index is 1.42. The Kier molecular flexibility index (Phi) is 11.0. The number of carbonyl (C=O) groups excluding carboxylic acids is 2. The summed E-state index contributed by atoms with van der Waals surface area (Å²) >= 11 is 3.56. The minimum atomic E-state index is -0.948. The number of halogens is 1. The number of imide groups is 1. The Morgan fingerprint density at radius 1 is 1.16 bits per heavy atom. The average molecular weight is 744 g/mol. The highest BCUT2D eigenvalue weighted by molar-refractivity contribution is 14.1. The molecule has 0 spiro atoms. The molecule has 3 N–H and O–H groups in total. The smallest absolute Gasteiger partial charge is 0.234 e. The van der Waals surface area contributed by atoms with Crippen LogP contribution in [0.2, 0.25) is 0 Å². The van der Waals surface area contributed by atoms with Crippen molar-refractivity contribution in [3.63, 3.8) is 0 Å². The lowest BCUT2D eigenvalue weighted by Gasteiger charge is -2.36. The number of hydrogen-bond donors (Lipinski definition) is 3. The Morgan fingerprint density at radius 2 is 1.93 bits per heavy atom. The zero-order valence-corrected chi connectivity index (χ0v) is 28.3. The number of carbonyl (C=O) groups is 2. The second kappa shape index (κ2) is 14.9. The number of likely N-dealkylation sites (tertiary alicyclic amines) is 1. The maximum Gasteiger partial charge on any atom is 0.234 e. The molecule has 1 aromatic heterocycles. The van der Waals surface area contributed by atoms with Gasteiger partial charge in [-0.25, -0.2) is 0 Å². The van der Waals surface area contributed by atoms with Crippen molar-refractivity contribution in [2.24, 2.45) is 17.8 Å². The van der Waals surface area contributed by atoms with Crippen LogP contribution < -0.4 is 9.47 Å². The number of thiophene rings is 1. The molecule has 5 rings (SSSR count). The van der Waals surface area contributed by atoms with Gasteiger partial charge in [0.1, 0.15) is 12.4 Å². The molecular weight excluding hydrogens is 705 g/mol. The Labute approximate surface area is 281 Å². The molecule has 45 heavy (non-hydrogen) atoms. The number of amides is 2. The van der Waals surface area contributed by atoms with E-state index in [1.54, 1.807) is 6.07 Å². The third-order valence-electron chi connectivity index (χ3n) is 8.72. The molecule has 0 radical (unpaired) electrons. The van der Waals surface area contributed by atoms with Crippen molar-refractivity contribution in [3.05, 3.63) is 90.7 Å². The summed E-state index contributed by atoms with van der Waals surface area (Å²) in [5, 5.41) is 34.6. The number of rotatable bonds is 13. The highest BCUT2D eigenvalue weighted by Crippen LogP contribution is 2.47. The van der Waals surface area contributed by atoms with Crippen LogP contribution in [0.3, 0.4) is 0 Å². The summed E-state index contributed by atoms with van der Waals surface area (Å²) in [5.74, 6) is -1.44.